The van der Waals surface area contributed by atoms with Crippen LogP contribution >= 0.6 is 24.0 Å². The quantitative estimate of drug-likeness (QED) is 0.187. The molecule has 0 atom stereocenters. The molecular weight excluding hydrogens is 483 g/mol. The van der Waals surface area contributed by atoms with Crippen molar-refractivity contribution in [2.75, 3.05) is 19.6 Å². The van der Waals surface area contributed by atoms with Crippen molar-refractivity contribution >= 4 is 41.8 Å². The summed E-state index contributed by atoms with van der Waals surface area (Å²) in [4.78, 5) is 30.6. The number of hydrogen-bond donors (Lipinski definition) is 2. The van der Waals surface area contributed by atoms with Crippen LogP contribution in [0.4, 0.5) is 0 Å². The van der Waals surface area contributed by atoms with Crippen molar-refractivity contribution in [3.8, 4) is 0 Å². The fourth-order valence-electron chi connectivity index (χ4n) is 3.10. The van der Waals surface area contributed by atoms with E-state index in [4.69, 9.17) is 0 Å². The molecule has 0 bridgehead atoms. The first-order valence-electron chi connectivity index (χ1n) is 9.56. The summed E-state index contributed by atoms with van der Waals surface area (Å²) in [6, 6.07) is 8.92. The van der Waals surface area contributed by atoms with Gasteiger partial charge in [0.2, 0.25) is 0 Å². The molecule has 0 spiro atoms. The number of rotatable bonds is 8. The molecule has 2 heterocycles. The summed E-state index contributed by atoms with van der Waals surface area (Å²) in [5, 5.41) is 10.6. The van der Waals surface area contributed by atoms with Gasteiger partial charge >= 0.3 is 0 Å². The van der Waals surface area contributed by atoms with Crippen molar-refractivity contribution in [1.82, 2.24) is 25.3 Å². The maximum atomic E-state index is 12.3. The van der Waals surface area contributed by atoms with Crippen LogP contribution in [-0.2, 0) is 13.6 Å². The minimum absolute atomic E-state index is 0. The fourth-order valence-corrected chi connectivity index (χ4v) is 3.10. The second-order valence-corrected chi connectivity index (χ2v) is 6.58. The Balaban J connectivity index is 0.00000300. The summed E-state index contributed by atoms with van der Waals surface area (Å²) in [7, 11) is 1.89. The molecule has 1 aliphatic rings. The largest absolute Gasteiger partial charge is 0.357 e. The third-order valence-corrected chi connectivity index (χ3v) is 4.64. The Bertz CT molecular complexity index is 844. The van der Waals surface area contributed by atoms with E-state index < -0.39 is 0 Å². The predicted molar refractivity (Wildman–Crippen MR) is 122 cm³/mol. The van der Waals surface area contributed by atoms with Crippen molar-refractivity contribution in [3.63, 3.8) is 0 Å². The van der Waals surface area contributed by atoms with Gasteiger partial charge in [0.1, 0.15) is 0 Å². The number of aromatic nitrogens is 2. The van der Waals surface area contributed by atoms with Crippen LogP contribution < -0.4 is 10.6 Å². The summed E-state index contributed by atoms with van der Waals surface area (Å²) in [5.74, 6) is 0.351. The molecule has 0 aliphatic carbocycles. The molecule has 9 heteroatoms. The lowest BCUT2D eigenvalue weighted by atomic mass is 10.1. The van der Waals surface area contributed by atoms with E-state index in [0.29, 0.717) is 30.8 Å². The third-order valence-electron chi connectivity index (χ3n) is 4.64. The zero-order valence-corrected chi connectivity index (χ0v) is 19.1. The summed E-state index contributed by atoms with van der Waals surface area (Å²) in [5.41, 5.74) is 2.03. The zero-order valence-electron chi connectivity index (χ0n) is 16.7. The summed E-state index contributed by atoms with van der Waals surface area (Å²) in [6.07, 6.45) is 3.31. The first-order valence-corrected chi connectivity index (χ1v) is 9.56. The number of carbonyl (C=O) groups excluding carboxylic acids is 2. The van der Waals surface area contributed by atoms with E-state index in [0.717, 1.165) is 31.0 Å². The van der Waals surface area contributed by atoms with Crippen molar-refractivity contribution in [3.05, 3.63) is 53.3 Å². The number of unbranched alkanes of at least 4 members (excludes halogenated alkanes) is 1. The van der Waals surface area contributed by atoms with Crippen LogP contribution in [0.2, 0.25) is 0 Å². The molecule has 1 aromatic carbocycles. The van der Waals surface area contributed by atoms with Gasteiger partial charge in [-0.05, 0) is 38.0 Å². The number of amides is 2. The number of imide groups is 1. The topological polar surface area (TPSA) is 91.6 Å². The highest BCUT2D eigenvalue weighted by atomic mass is 127. The Kier molecular flexibility index (Phi) is 8.62. The zero-order chi connectivity index (χ0) is 19.9. The van der Waals surface area contributed by atoms with Crippen molar-refractivity contribution < 1.29 is 9.59 Å². The van der Waals surface area contributed by atoms with Crippen LogP contribution in [-0.4, -0.2) is 52.1 Å². The van der Waals surface area contributed by atoms with Crippen molar-refractivity contribution in [2.24, 2.45) is 12.0 Å². The standard InChI is InChI=1S/C20H26N6O2.HI/c1-3-21-20(23-14-15-10-12-24-25(15)2)22-11-6-7-13-26-18(27)16-8-4-5-9-17(16)19(26)28;/h4-5,8-10,12H,3,6-7,11,13-14H2,1-2H3,(H2,21,22,23);1H. The lowest BCUT2D eigenvalue weighted by Gasteiger charge is -2.14. The predicted octanol–water partition coefficient (Wildman–Crippen LogP) is 2.17. The van der Waals surface area contributed by atoms with Gasteiger partial charge in [-0.15, -0.1) is 24.0 Å². The minimum Gasteiger partial charge on any atom is -0.357 e. The van der Waals surface area contributed by atoms with E-state index >= 15 is 0 Å². The highest BCUT2D eigenvalue weighted by molar-refractivity contribution is 14.0. The van der Waals surface area contributed by atoms with Crippen LogP contribution in [0.25, 0.3) is 0 Å². The van der Waals surface area contributed by atoms with Crippen molar-refractivity contribution in [1.29, 1.82) is 0 Å². The smallest absolute Gasteiger partial charge is 0.261 e. The van der Waals surface area contributed by atoms with Gasteiger partial charge in [-0.2, -0.15) is 5.10 Å². The molecule has 156 valence electrons. The van der Waals surface area contributed by atoms with Gasteiger partial charge in [0.05, 0.1) is 23.4 Å². The number of aliphatic imine (C=N–C) groups is 1. The molecule has 0 saturated heterocycles. The molecule has 8 nitrogen and oxygen atoms in total. The Morgan fingerprint density at radius 3 is 2.34 bits per heavy atom. The van der Waals surface area contributed by atoms with E-state index in [9.17, 15) is 9.59 Å². The first-order chi connectivity index (χ1) is 13.6. The van der Waals surface area contributed by atoms with E-state index in [1.54, 1.807) is 35.1 Å². The van der Waals surface area contributed by atoms with Gasteiger partial charge in [0.15, 0.2) is 5.96 Å². The summed E-state index contributed by atoms with van der Waals surface area (Å²) < 4.78 is 1.80. The van der Waals surface area contributed by atoms with Gasteiger partial charge in [-0.3, -0.25) is 19.2 Å². The maximum Gasteiger partial charge on any atom is 0.261 e. The summed E-state index contributed by atoms with van der Waals surface area (Å²) in [6.45, 7) is 4.47. The Morgan fingerprint density at radius 1 is 1.07 bits per heavy atom. The van der Waals surface area contributed by atoms with Crippen molar-refractivity contribution in [2.45, 2.75) is 26.3 Å². The molecule has 1 aliphatic heterocycles. The normalized spacial score (nSPS) is 13.3. The monoisotopic (exact) mass is 510 g/mol. The van der Waals surface area contributed by atoms with Gasteiger partial charge in [-0.1, -0.05) is 12.1 Å². The van der Waals surface area contributed by atoms with E-state index in [-0.39, 0.29) is 35.8 Å². The summed E-state index contributed by atoms with van der Waals surface area (Å²) >= 11 is 0. The number of nitrogens with one attached hydrogen (secondary N) is 2. The maximum absolute atomic E-state index is 12.3. The van der Waals surface area contributed by atoms with Gasteiger partial charge < -0.3 is 10.6 Å². The fraction of sp³-hybridized carbons (Fsp3) is 0.400. The molecule has 3 rings (SSSR count). The molecule has 0 saturated carbocycles. The second-order valence-electron chi connectivity index (χ2n) is 6.58. The Morgan fingerprint density at radius 2 is 1.76 bits per heavy atom. The highest BCUT2D eigenvalue weighted by Crippen LogP contribution is 2.22. The van der Waals surface area contributed by atoms with Gasteiger partial charge in [0.25, 0.3) is 11.8 Å². The van der Waals surface area contributed by atoms with E-state index in [1.165, 1.54) is 4.90 Å². The first kappa shape index (κ1) is 22.9. The number of carbonyl (C=O) groups is 2. The average Bonchev–Trinajstić information content (AvgIpc) is 3.22. The highest BCUT2D eigenvalue weighted by Gasteiger charge is 2.34. The molecule has 2 aromatic rings. The minimum atomic E-state index is -0.195. The molecule has 0 unspecified atom stereocenters. The van der Waals surface area contributed by atoms with Crippen LogP contribution in [0.5, 0.6) is 0 Å². The molecule has 0 fully saturated rings. The number of hydrogen-bond acceptors (Lipinski definition) is 4. The molecule has 0 radical (unpaired) electrons. The van der Waals surface area contributed by atoms with Gasteiger partial charge in [0, 0.05) is 32.9 Å². The molecule has 2 N–H and O–H groups in total. The Hall–Kier alpha value is -2.43. The number of nitrogens with zero attached hydrogens (tertiary/aromatic N) is 4. The number of halogens is 1. The number of fused-ring (bicyclic) bond motifs is 1. The third kappa shape index (κ3) is 5.55. The average molecular weight is 510 g/mol. The van der Waals surface area contributed by atoms with Crippen LogP contribution in [0.3, 0.4) is 0 Å². The lowest BCUT2D eigenvalue weighted by molar-refractivity contribution is 0.0652. The number of benzene rings is 1. The van der Waals surface area contributed by atoms with Gasteiger partial charge in [-0.25, -0.2) is 4.99 Å². The number of aryl methyl sites for hydroxylation is 1. The Labute approximate surface area is 187 Å². The van der Waals surface area contributed by atoms with Crippen LogP contribution in [0.1, 0.15) is 46.2 Å². The lowest BCUT2D eigenvalue weighted by Crippen LogP contribution is -2.38. The molecular formula is C20H27IN6O2. The van der Waals surface area contributed by atoms with E-state index in [1.807, 2.05) is 20.0 Å². The molecule has 2 amide bonds. The molecule has 1 aromatic heterocycles. The number of guanidine groups is 1. The molecule has 29 heavy (non-hydrogen) atoms. The second kappa shape index (κ2) is 10.9. The SMILES string of the molecule is CCNC(=NCc1ccnn1C)NCCCCN1C(=O)c2ccccc2C1=O.I. The van der Waals surface area contributed by atoms with E-state index in [2.05, 4.69) is 20.7 Å². The van der Waals surface area contributed by atoms with Crippen LogP contribution in [0, 0.1) is 0 Å². The van der Waals surface area contributed by atoms with Crippen LogP contribution in [0.15, 0.2) is 41.5 Å².